The molecule has 14 heavy (non-hydrogen) atoms. The summed E-state index contributed by atoms with van der Waals surface area (Å²) in [5.41, 5.74) is 0.361. The van der Waals surface area contributed by atoms with Crippen molar-refractivity contribution in [2.24, 2.45) is 5.92 Å². The molecule has 2 heterocycles. The van der Waals surface area contributed by atoms with Crippen molar-refractivity contribution in [2.45, 2.75) is 0 Å². The summed E-state index contributed by atoms with van der Waals surface area (Å²) in [6.45, 7) is 2.92. The molecule has 1 aromatic rings. The molecule has 0 amide bonds. The van der Waals surface area contributed by atoms with E-state index in [2.05, 4.69) is 20.6 Å². The normalized spacial score (nSPS) is 15.6. The van der Waals surface area contributed by atoms with Gasteiger partial charge >= 0.3 is 0 Å². The molecule has 1 saturated heterocycles. The van der Waals surface area contributed by atoms with E-state index in [0.29, 0.717) is 17.4 Å². The molecule has 0 saturated carbocycles. The minimum atomic E-state index is 0.361. The highest BCUT2D eigenvalue weighted by Gasteiger charge is 2.16. The van der Waals surface area contributed by atoms with Crippen LogP contribution in [0.1, 0.15) is 5.69 Å². The van der Waals surface area contributed by atoms with Gasteiger partial charge in [-0.3, -0.25) is 0 Å². The van der Waals surface area contributed by atoms with Gasteiger partial charge < -0.3 is 10.6 Å². The Morgan fingerprint density at radius 1 is 1.50 bits per heavy atom. The van der Waals surface area contributed by atoms with Crippen molar-refractivity contribution < 1.29 is 0 Å². The molecule has 0 bridgehead atoms. The molecule has 0 radical (unpaired) electrons. The van der Waals surface area contributed by atoms with Crippen LogP contribution in [0, 0.1) is 17.2 Å². The number of nitriles is 1. The topological polar surface area (TPSA) is 73.6 Å². The summed E-state index contributed by atoms with van der Waals surface area (Å²) in [6.07, 6.45) is 3.11. The number of nitrogens with zero attached hydrogens (tertiary/aromatic N) is 3. The zero-order chi connectivity index (χ0) is 9.80. The minimum absolute atomic E-state index is 0.361. The van der Waals surface area contributed by atoms with Gasteiger partial charge in [-0.15, -0.1) is 0 Å². The molecule has 1 aromatic heterocycles. The van der Waals surface area contributed by atoms with Gasteiger partial charge in [0.15, 0.2) is 11.5 Å². The summed E-state index contributed by atoms with van der Waals surface area (Å²) in [6, 6.07) is 2.00. The van der Waals surface area contributed by atoms with Crippen LogP contribution >= 0.6 is 0 Å². The standard InChI is InChI=1S/C9H11N5/c10-3-8-9(13-2-1-12-8)14-6-7-4-11-5-7/h1-2,7,11H,4-6H2,(H,13,14). The van der Waals surface area contributed by atoms with Gasteiger partial charge in [-0.1, -0.05) is 0 Å². The fourth-order valence-corrected chi connectivity index (χ4v) is 1.28. The van der Waals surface area contributed by atoms with Crippen molar-refractivity contribution in [3.8, 4) is 6.07 Å². The van der Waals surface area contributed by atoms with E-state index in [1.54, 1.807) is 6.20 Å². The fourth-order valence-electron chi connectivity index (χ4n) is 1.28. The van der Waals surface area contributed by atoms with Gasteiger partial charge in [-0.05, 0) is 0 Å². The largest absolute Gasteiger partial charge is 0.367 e. The Bertz CT molecular complexity index is 352. The Balaban J connectivity index is 1.97. The maximum atomic E-state index is 8.75. The van der Waals surface area contributed by atoms with Crippen molar-refractivity contribution in [2.75, 3.05) is 25.0 Å². The van der Waals surface area contributed by atoms with Gasteiger partial charge in [-0.2, -0.15) is 5.26 Å². The van der Waals surface area contributed by atoms with Gasteiger partial charge in [0.05, 0.1) is 0 Å². The Kier molecular flexibility index (Phi) is 2.56. The van der Waals surface area contributed by atoms with Gasteiger partial charge in [0, 0.05) is 37.9 Å². The van der Waals surface area contributed by atoms with Crippen LogP contribution in [0.5, 0.6) is 0 Å². The zero-order valence-electron chi connectivity index (χ0n) is 7.70. The average molecular weight is 189 g/mol. The molecule has 5 heteroatoms. The van der Waals surface area contributed by atoms with E-state index in [-0.39, 0.29) is 0 Å². The van der Waals surface area contributed by atoms with Gasteiger partial charge in [0.2, 0.25) is 0 Å². The summed E-state index contributed by atoms with van der Waals surface area (Å²) in [4.78, 5) is 7.98. The van der Waals surface area contributed by atoms with E-state index in [1.165, 1.54) is 6.20 Å². The lowest BCUT2D eigenvalue weighted by Gasteiger charge is -2.27. The number of rotatable bonds is 3. The molecule has 0 spiro atoms. The lowest BCUT2D eigenvalue weighted by molar-refractivity contribution is 0.365. The SMILES string of the molecule is N#Cc1nccnc1NCC1CNC1. The van der Waals surface area contributed by atoms with Crippen molar-refractivity contribution in [3.05, 3.63) is 18.1 Å². The highest BCUT2D eigenvalue weighted by Crippen LogP contribution is 2.09. The first-order valence-corrected chi connectivity index (χ1v) is 4.56. The maximum absolute atomic E-state index is 8.75. The fraction of sp³-hybridized carbons (Fsp3) is 0.444. The molecule has 0 aromatic carbocycles. The first-order chi connectivity index (χ1) is 6.90. The molecule has 1 aliphatic heterocycles. The molecule has 0 aliphatic carbocycles. The van der Waals surface area contributed by atoms with E-state index in [0.717, 1.165) is 19.6 Å². The predicted molar refractivity (Wildman–Crippen MR) is 51.6 cm³/mol. The lowest BCUT2D eigenvalue weighted by atomic mass is 10.0. The molecule has 5 nitrogen and oxygen atoms in total. The summed E-state index contributed by atoms with van der Waals surface area (Å²) >= 11 is 0. The Morgan fingerprint density at radius 3 is 2.93 bits per heavy atom. The van der Waals surface area contributed by atoms with Crippen LogP contribution < -0.4 is 10.6 Å². The number of hydrogen-bond donors (Lipinski definition) is 2. The van der Waals surface area contributed by atoms with E-state index in [9.17, 15) is 0 Å². The second-order valence-electron chi connectivity index (χ2n) is 3.27. The lowest BCUT2D eigenvalue weighted by Crippen LogP contribution is -2.45. The summed E-state index contributed by atoms with van der Waals surface area (Å²) in [7, 11) is 0. The highest BCUT2D eigenvalue weighted by atomic mass is 15.0. The van der Waals surface area contributed by atoms with Crippen LogP contribution in [0.25, 0.3) is 0 Å². The smallest absolute Gasteiger partial charge is 0.182 e. The Morgan fingerprint density at radius 2 is 2.29 bits per heavy atom. The third-order valence-electron chi connectivity index (χ3n) is 2.23. The molecule has 1 aliphatic rings. The van der Waals surface area contributed by atoms with Crippen molar-refractivity contribution in [1.29, 1.82) is 5.26 Å². The van der Waals surface area contributed by atoms with Crippen LogP contribution in [-0.2, 0) is 0 Å². The van der Waals surface area contributed by atoms with Crippen molar-refractivity contribution >= 4 is 5.82 Å². The zero-order valence-corrected chi connectivity index (χ0v) is 7.70. The van der Waals surface area contributed by atoms with Crippen LogP contribution in [0.2, 0.25) is 0 Å². The molecular weight excluding hydrogens is 178 g/mol. The summed E-state index contributed by atoms with van der Waals surface area (Å²) < 4.78 is 0. The second-order valence-corrected chi connectivity index (χ2v) is 3.27. The summed E-state index contributed by atoms with van der Waals surface area (Å²) in [5, 5.41) is 15.1. The molecule has 72 valence electrons. The molecule has 0 atom stereocenters. The highest BCUT2D eigenvalue weighted by molar-refractivity contribution is 5.46. The Hall–Kier alpha value is -1.67. The van der Waals surface area contributed by atoms with E-state index in [1.807, 2.05) is 6.07 Å². The Labute approximate surface area is 82.2 Å². The van der Waals surface area contributed by atoms with Gasteiger partial charge in [0.1, 0.15) is 6.07 Å². The van der Waals surface area contributed by atoms with Gasteiger partial charge in [-0.25, -0.2) is 9.97 Å². The number of hydrogen-bond acceptors (Lipinski definition) is 5. The average Bonchev–Trinajstić information content (AvgIpc) is 2.16. The first kappa shape index (κ1) is 8.91. The molecule has 2 rings (SSSR count). The van der Waals surface area contributed by atoms with Crippen LogP contribution in [-0.4, -0.2) is 29.6 Å². The van der Waals surface area contributed by atoms with Crippen LogP contribution in [0.15, 0.2) is 12.4 Å². The number of aromatic nitrogens is 2. The molecular formula is C9H11N5. The third-order valence-corrected chi connectivity index (χ3v) is 2.23. The predicted octanol–water partition coefficient (Wildman–Crippen LogP) is -0.0204. The van der Waals surface area contributed by atoms with E-state index < -0.39 is 0 Å². The summed E-state index contributed by atoms with van der Waals surface area (Å²) in [5.74, 6) is 1.23. The third kappa shape index (κ3) is 1.80. The quantitative estimate of drug-likeness (QED) is 0.699. The van der Waals surface area contributed by atoms with Crippen molar-refractivity contribution in [3.63, 3.8) is 0 Å². The molecule has 0 unspecified atom stereocenters. The first-order valence-electron chi connectivity index (χ1n) is 4.56. The molecule has 2 N–H and O–H groups in total. The van der Waals surface area contributed by atoms with E-state index in [4.69, 9.17) is 5.26 Å². The van der Waals surface area contributed by atoms with Crippen LogP contribution in [0.3, 0.4) is 0 Å². The minimum Gasteiger partial charge on any atom is -0.367 e. The number of anilines is 1. The van der Waals surface area contributed by atoms with Crippen LogP contribution in [0.4, 0.5) is 5.82 Å². The van der Waals surface area contributed by atoms with Crippen molar-refractivity contribution in [1.82, 2.24) is 15.3 Å². The molecule has 1 fully saturated rings. The van der Waals surface area contributed by atoms with Gasteiger partial charge in [0.25, 0.3) is 0 Å². The second kappa shape index (κ2) is 4.03. The van der Waals surface area contributed by atoms with E-state index >= 15 is 0 Å². The number of nitrogens with one attached hydrogen (secondary N) is 2. The maximum Gasteiger partial charge on any atom is 0.182 e. The monoisotopic (exact) mass is 189 g/mol.